The van der Waals surface area contributed by atoms with Gasteiger partial charge in [0.15, 0.2) is 18.2 Å². The van der Waals surface area contributed by atoms with Crippen molar-refractivity contribution in [1.29, 1.82) is 0 Å². The van der Waals surface area contributed by atoms with Crippen LogP contribution in [0, 0.1) is 11.8 Å². The molecule has 0 aromatic rings. The van der Waals surface area contributed by atoms with Gasteiger partial charge in [-0.05, 0) is 50.8 Å². The second-order valence-electron chi connectivity index (χ2n) is 9.96. The maximum Gasteiger partial charge on any atom is 0.313 e. The van der Waals surface area contributed by atoms with E-state index in [1.54, 1.807) is 19.9 Å². The first-order valence-corrected chi connectivity index (χ1v) is 12.6. The molecule has 0 saturated carbocycles. The van der Waals surface area contributed by atoms with E-state index in [2.05, 4.69) is 0 Å². The number of hydrogen-bond donors (Lipinski definition) is 3. The number of aliphatic hydroxyl groups excluding tert-OH is 3. The quantitative estimate of drug-likeness (QED) is 0.332. The molecule has 8 unspecified atom stereocenters. The molecule has 0 amide bonds. The summed E-state index contributed by atoms with van der Waals surface area (Å²) in [4.78, 5) is 38.5. The third-order valence-electron chi connectivity index (χ3n) is 6.41. The minimum Gasteiger partial charge on any atom is -0.457 e. The molecule has 0 aromatic carbocycles. The zero-order valence-electron chi connectivity index (χ0n) is 22.3. The van der Waals surface area contributed by atoms with E-state index in [0.29, 0.717) is 5.57 Å². The highest BCUT2D eigenvalue weighted by Gasteiger charge is 2.46. The summed E-state index contributed by atoms with van der Waals surface area (Å²) in [6.07, 6.45) is -2.26. The molecule has 2 aliphatic heterocycles. The van der Waals surface area contributed by atoms with Gasteiger partial charge < -0.3 is 34.3 Å². The summed E-state index contributed by atoms with van der Waals surface area (Å²) in [6, 6.07) is 0. The van der Waals surface area contributed by atoms with Crippen molar-refractivity contribution in [3.05, 3.63) is 35.5 Å². The van der Waals surface area contributed by atoms with E-state index in [1.165, 1.54) is 6.08 Å². The molecule has 10 nitrogen and oxygen atoms in total. The van der Waals surface area contributed by atoms with Crippen LogP contribution in [0.4, 0.5) is 0 Å². The highest BCUT2D eigenvalue weighted by molar-refractivity contribution is 5.96. The first kappa shape index (κ1) is 30.9. The topological polar surface area (TPSA) is 149 Å². The van der Waals surface area contributed by atoms with Gasteiger partial charge in [0.2, 0.25) is 0 Å². The first-order valence-electron chi connectivity index (χ1n) is 12.6. The Labute approximate surface area is 217 Å². The van der Waals surface area contributed by atoms with Crippen LogP contribution in [-0.2, 0) is 33.3 Å². The number of hydrogen-bond acceptors (Lipinski definition) is 10. The van der Waals surface area contributed by atoms with Crippen molar-refractivity contribution in [2.45, 2.75) is 97.3 Å². The van der Waals surface area contributed by atoms with E-state index in [-0.39, 0.29) is 18.8 Å². The van der Waals surface area contributed by atoms with Crippen molar-refractivity contribution in [3.63, 3.8) is 0 Å². The number of carbonyl (C=O) groups is 3. The molecule has 3 N–H and O–H groups in total. The molecular formula is C27H40O10. The summed E-state index contributed by atoms with van der Waals surface area (Å²) in [6.45, 7) is 10.0. The van der Waals surface area contributed by atoms with Gasteiger partial charge >= 0.3 is 11.9 Å². The number of ketones is 1. The SMILES string of the molecule is C/C=C(/C)C1C/C=C(\C)C(OC2OC(CO)C(O)C2O)C(OC(=O)CC(C)C)C(=O)/C=C/C(C)C(=O)O1. The Bertz CT molecular complexity index is 905. The lowest BCUT2D eigenvalue weighted by Crippen LogP contribution is -2.45. The highest BCUT2D eigenvalue weighted by Crippen LogP contribution is 2.28. The van der Waals surface area contributed by atoms with Gasteiger partial charge in [0, 0.05) is 12.8 Å². The van der Waals surface area contributed by atoms with Crippen LogP contribution >= 0.6 is 0 Å². The third-order valence-corrected chi connectivity index (χ3v) is 6.41. The maximum absolute atomic E-state index is 13.3. The number of aliphatic hydroxyl groups is 3. The number of cyclic esters (lactones) is 1. The molecule has 0 bridgehead atoms. The Morgan fingerprint density at radius 1 is 1.22 bits per heavy atom. The number of rotatable bonds is 7. The fraction of sp³-hybridized carbons (Fsp3) is 0.667. The zero-order chi connectivity index (χ0) is 27.9. The second-order valence-corrected chi connectivity index (χ2v) is 9.96. The van der Waals surface area contributed by atoms with Gasteiger partial charge in [-0.1, -0.05) is 32.1 Å². The van der Waals surface area contributed by atoms with Crippen LogP contribution in [0.15, 0.2) is 35.5 Å². The molecule has 0 aliphatic carbocycles. The highest BCUT2D eigenvalue weighted by atomic mass is 16.7. The maximum atomic E-state index is 13.3. The molecule has 2 aliphatic rings. The van der Waals surface area contributed by atoms with Crippen LogP contribution in [-0.4, -0.2) is 82.6 Å². The predicted octanol–water partition coefficient (Wildman–Crippen LogP) is 1.76. The standard InChI is InChI=1S/C27H40O10/c1-7-15(4)19-11-9-16(5)24(37-27-23(32)22(31)20(13-28)35-27)25(36-21(30)12-14(2)3)18(29)10-8-17(6)26(33)34-19/h7-10,14,17,19-20,22-25,27-28,31-32H,11-13H2,1-6H3/b10-8+,15-7-,16-9+. The summed E-state index contributed by atoms with van der Waals surface area (Å²) in [5.41, 5.74) is 1.28. The largest absolute Gasteiger partial charge is 0.457 e. The number of carbonyl (C=O) groups excluding carboxylic acids is 3. The van der Waals surface area contributed by atoms with Crippen LogP contribution < -0.4 is 0 Å². The molecule has 1 fully saturated rings. The van der Waals surface area contributed by atoms with Crippen molar-refractivity contribution in [2.75, 3.05) is 6.61 Å². The van der Waals surface area contributed by atoms with Gasteiger partial charge in [0.05, 0.1) is 12.5 Å². The van der Waals surface area contributed by atoms with Crippen LogP contribution in [0.1, 0.15) is 54.4 Å². The van der Waals surface area contributed by atoms with E-state index in [1.807, 2.05) is 33.8 Å². The van der Waals surface area contributed by atoms with Gasteiger partial charge in [-0.15, -0.1) is 0 Å². The average Bonchev–Trinajstić information content (AvgIpc) is 3.12. The minimum absolute atomic E-state index is 0.0276. The summed E-state index contributed by atoms with van der Waals surface area (Å²) >= 11 is 0. The van der Waals surface area contributed by atoms with E-state index < -0.39 is 73.2 Å². The van der Waals surface area contributed by atoms with Crippen LogP contribution in [0.3, 0.4) is 0 Å². The molecule has 8 atom stereocenters. The fourth-order valence-electron chi connectivity index (χ4n) is 3.91. The normalized spacial score (nSPS) is 36.3. The Morgan fingerprint density at radius 2 is 1.89 bits per heavy atom. The smallest absolute Gasteiger partial charge is 0.313 e. The summed E-state index contributed by atoms with van der Waals surface area (Å²) < 4.78 is 22.7. The third kappa shape index (κ3) is 8.31. The molecule has 0 spiro atoms. The molecular weight excluding hydrogens is 484 g/mol. The molecule has 2 rings (SSSR count). The lowest BCUT2D eigenvalue weighted by molar-refractivity contribution is -0.208. The van der Waals surface area contributed by atoms with Crippen molar-refractivity contribution in [2.24, 2.45) is 11.8 Å². The Morgan fingerprint density at radius 3 is 2.46 bits per heavy atom. The molecule has 0 radical (unpaired) electrons. The monoisotopic (exact) mass is 524 g/mol. The Hall–Kier alpha value is -2.37. The summed E-state index contributed by atoms with van der Waals surface area (Å²) in [5.74, 6) is -2.53. The predicted molar refractivity (Wildman–Crippen MR) is 133 cm³/mol. The van der Waals surface area contributed by atoms with Gasteiger partial charge in [0.25, 0.3) is 0 Å². The molecule has 10 heteroatoms. The first-order chi connectivity index (χ1) is 17.4. The lowest BCUT2D eigenvalue weighted by Gasteiger charge is -2.30. The molecule has 0 aromatic heterocycles. The van der Waals surface area contributed by atoms with Crippen molar-refractivity contribution < 1.29 is 48.7 Å². The van der Waals surface area contributed by atoms with E-state index in [4.69, 9.17) is 18.9 Å². The number of esters is 2. The van der Waals surface area contributed by atoms with Crippen molar-refractivity contribution >= 4 is 17.7 Å². The molecule has 208 valence electrons. The lowest BCUT2D eigenvalue weighted by atomic mass is 9.97. The average molecular weight is 525 g/mol. The molecule has 1 saturated heterocycles. The number of ether oxygens (including phenoxy) is 4. The fourth-order valence-corrected chi connectivity index (χ4v) is 3.91. The Balaban J connectivity index is 2.53. The van der Waals surface area contributed by atoms with Gasteiger partial charge in [0.1, 0.15) is 30.5 Å². The zero-order valence-corrected chi connectivity index (χ0v) is 22.3. The van der Waals surface area contributed by atoms with E-state index in [0.717, 1.165) is 11.6 Å². The van der Waals surface area contributed by atoms with Crippen LogP contribution in [0.25, 0.3) is 0 Å². The molecule has 2 heterocycles. The summed E-state index contributed by atoms with van der Waals surface area (Å²) in [5, 5.41) is 30.1. The van der Waals surface area contributed by atoms with Gasteiger partial charge in [-0.3, -0.25) is 14.4 Å². The van der Waals surface area contributed by atoms with Crippen molar-refractivity contribution in [1.82, 2.24) is 0 Å². The van der Waals surface area contributed by atoms with Gasteiger partial charge in [-0.2, -0.15) is 0 Å². The van der Waals surface area contributed by atoms with E-state index in [9.17, 15) is 29.7 Å². The van der Waals surface area contributed by atoms with Gasteiger partial charge in [-0.25, -0.2) is 0 Å². The second kappa shape index (κ2) is 14.0. The van der Waals surface area contributed by atoms with Crippen LogP contribution in [0.2, 0.25) is 0 Å². The van der Waals surface area contributed by atoms with Crippen LogP contribution in [0.5, 0.6) is 0 Å². The Kier molecular flexibility index (Phi) is 11.6. The summed E-state index contributed by atoms with van der Waals surface area (Å²) in [7, 11) is 0. The van der Waals surface area contributed by atoms with Crippen molar-refractivity contribution in [3.8, 4) is 0 Å². The van der Waals surface area contributed by atoms with E-state index >= 15 is 0 Å². The minimum atomic E-state index is -1.51. The number of allylic oxidation sites excluding steroid dienone is 1. The molecule has 37 heavy (non-hydrogen) atoms.